The molecule has 1 aromatic rings. The van der Waals surface area contributed by atoms with Gasteiger partial charge in [-0.05, 0) is 32.0 Å². The lowest BCUT2D eigenvalue weighted by atomic mass is 10.1. The quantitative estimate of drug-likeness (QED) is 0.625. The Morgan fingerprint density at radius 1 is 1.09 bits per heavy atom. The smallest absolute Gasteiger partial charge is 0.293 e. The minimum Gasteiger partial charge on any atom is -0.366 e. The number of likely N-dealkylation sites (N-methyl/N-ethyl adjacent to an activating group) is 1. The topological polar surface area (TPSA) is 69.9 Å². The highest BCUT2D eigenvalue weighted by molar-refractivity contribution is 5.96. The van der Waals surface area contributed by atoms with E-state index < -0.39 is 0 Å². The molecule has 2 saturated heterocycles. The van der Waals surface area contributed by atoms with Crippen LogP contribution in [0.1, 0.15) is 23.2 Å². The van der Waals surface area contributed by atoms with E-state index in [0.717, 1.165) is 39.0 Å². The molecule has 0 N–H and O–H groups in total. The Bertz CT molecular complexity index is 605. The molecule has 0 radical (unpaired) electrons. The van der Waals surface area contributed by atoms with E-state index in [1.54, 1.807) is 17.0 Å². The van der Waals surface area contributed by atoms with Gasteiger partial charge in [0.1, 0.15) is 5.69 Å². The van der Waals surface area contributed by atoms with Gasteiger partial charge in [0.05, 0.1) is 4.92 Å². The number of nitro benzene ring substituents is 1. The van der Waals surface area contributed by atoms with Gasteiger partial charge in [0.25, 0.3) is 11.6 Å². The molecule has 3 rings (SSSR count). The van der Waals surface area contributed by atoms with Crippen LogP contribution in [-0.2, 0) is 0 Å². The van der Waals surface area contributed by atoms with Gasteiger partial charge in [0, 0.05) is 50.9 Å². The fourth-order valence-corrected chi connectivity index (χ4v) is 3.22. The number of hydrogen-bond acceptors (Lipinski definition) is 5. The molecule has 2 heterocycles. The van der Waals surface area contributed by atoms with Gasteiger partial charge in [0.2, 0.25) is 0 Å². The maximum absolute atomic E-state index is 12.6. The predicted octanol–water partition coefficient (Wildman–Crippen LogP) is 1.58. The van der Waals surface area contributed by atoms with E-state index in [1.165, 1.54) is 6.07 Å². The molecule has 0 bridgehead atoms. The Labute approximate surface area is 135 Å². The standard InChI is InChI=1S/C16H22N4O3/c1-17-8-10-19(11-9-17)16(21)13-4-5-14(15(12-13)20(22)23)18-6-2-3-7-18/h4-5,12H,2-3,6-11H2,1H3. The van der Waals surface area contributed by atoms with Crippen LogP contribution in [0.3, 0.4) is 0 Å². The number of hydrogen-bond donors (Lipinski definition) is 0. The van der Waals surface area contributed by atoms with E-state index in [2.05, 4.69) is 4.90 Å². The molecule has 2 aliphatic rings. The normalized spacial score (nSPS) is 19.2. The van der Waals surface area contributed by atoms with Gasteiger partial charge >= 0.3 is 0 Å². The lowest BCUT2D eigenvalue weighted by Gasteiger charge is -2.32. The number of carbonyl (C=O) groups excluding carboxylic acids is 1. The fraction of sp³-hybridized carbons (Fsp3) is 0.562. The zero-order valence-electron chi connectivity index (χ0n) is 13.4. The van der Waals surface area contributed by atoms with Gasteiger partial charge < -0.3 is 14.7 Å². The summed E-state index contributed by atoms with van der Waals surface area (Å²) in [5.74, 6) is -0.117. The second-order valence-electron chi connectivity index (χ2n) is 6.25. The highest BCUT2D eigenvalue weighted by Gasteiger charge is 2.26. The van der Waals surface area contributed by atoms with Crippen LogP contribution in [0.2, 0.25) is 0 Å². The largest absolute Gasteiger partial charge is 0.366 e. The van der Waals surface area contributed by atoms with E-state index in [9.17, 15) is 14.9 Å². The van der Waals surface area contributed by atoms with Crippen LogP contribution in [0.15, 0.2) is 18.2 Å². The van der Waals surface area contributed by atoms with Crippen LogP contribution in [0.5, 0.6) is 0 Å². The first-order valence-corrected chi connectivity index (χ1v) is 8.07. The lowest BCUT2D eigenvalue weighted by Crippen LogP contribution is -2.47. The molecule has 1 amide bonds. The molecule has 0 atom stereocenters. The van der Waals surface area contributed by atoms with Crippen molar-refractivity contribution in [1.82, 2.24) is 9.80 Å². The highest BCUT2D eigenvalue weighted by Crippen LogP contribution is 2.32. The summed E-state index contributed by atoms with van der Waals surface area (Å²) in [6, 6.07) is 4.89. The van der Waals surface area contributed by atoms with Crippen molar-refractivity contribution in [2.45, 2.75) is 12.8 Å². The number of benzene rings is 1. The van der Waals surface area contributed by atoms with Crippen LogP contribution in [0, 0.1) is 10.1 Å². The van der Waals surface area contributed by atoms with Crippen molar-refractivity contribution in [3.05, 3.63) is 33.9 Å². The summed E-state index contributed by atoms with van der Waals surface area (Å²) >= 11 is 0. The minimum absolute atomic E-state index is 0.0341. The van der Waals surface area contributed by atoms with Crippen molar-refractivity contribution in [1.29, 1.82) is 0 Å². The second kappa shape index (κ2) is 6.54. The number of nitro groups is 1. The summed E-state index contributed by atoms with van der Waals surface area (Å²) in [5, 5.41) is 11.4. The summed E-state index contributed by atoms with van der Waals surface area (Å²) in [7, 11) is 2.03. The predicted molar refractivity (Wildman–Crippen MR) is 87.9 cm³/mol. The van der Waals surface area contributed by atoms with Crippen LogP contribution in [0.4, 0.5) is 11.4 Å². The SMILES string of the molecule is CN1CCN(C(=O)c2ccc(N3CCCC3)c([N+](=O)[O-])c2)CC1. The fourth-order valence-electron chi connectivity index (χ4n) is 3.22. The Hall–Kier alpha value is -2.15. The third-order valence-electron chi connectivity index (χ3n) is 4.66. The molecule has 0 unspecified atom stereocenters. The lowest BCUT2D eigenvalue weighted by molar-refractivity contribution is -0.384. The molecule has 1 aromatic carbocycles. The number of amides is 1. The van der Waals surface area contributed by atoms with Gasteiger partial charge in [-0.1, -0.05) is 0 Å². The monoisotopic (exact) mass is 318 g/mol. The van der Waals surface area contributed by atoms with Crippen molar-refractivity contribution in [2.24, 2.45) is 0 Å². The highest BCUT2D eigenvalue weighted by atomic mass is 16.6. The number of carbonyl (C=O) groups is 1. The Morgan fingerprint density at radius 2 is 1.74 bits per heavy atom. The Morgan fingerprint density at radius 3 is 2.35 bits per heavy atom. The molecule has 0 saturated carbocycles. The van der Waals surface area contributed by atoms with Gasteiger partial charge in [0.15, 0.2) is 0 Å². The maximum atomic E-state index is 12.6. The Kier molecular flexibility index (Phi) is 4.47. The number of nitrogens with zero attached hydrogens (tertiary/aromatic N) is 4. The molecule has 0 aromatic heterocycles. The van der Waals surface area contributed by atoms with E-state index in [0.29, 0.717) is 24.3 Å². The van der Waals surface area contributed by atoms with E-state index >= 15 is 0 Å². The van der Waals surface area contributed by atoms with Gasteiger partial charge in [-0.25, -0.2) is 0 Å². The Balaban J connectivity index is 1.84. The summed E-state index contributed by atoms with van der Waals surface area (Å²) in [6.45, 7) is 4.67. The summed E-state index contributed by atoms with van der Waals surface area (Å²) in [4.78, 5) is 29.6. The number of rotatable bonds is 3. The first kappa shape index (κ1) is 15.7. The third kappa shape index (κ3) is 3.29. The second-order valence-corrected chi connectivity index (χ2v) is 6.25. The zero-order chi connectivity index (χ0) is 16.4. The molecule has 23 heavy (non-hydrogen) atoms. The van der Waals surface area contributed by atoms with Gasteiger partial charge in [-0.15, -0.1) is 0 Å². The first-order valence-electron chi connectivity index (χ1n) is 8.07. The first-order chi connectivity index (χ1) is 11.1. The van der Waals surface area contributed by atoms with Gasteiger partial charge in [-0.2, -0.15) is 0 Å². The van der Waals surface area contributed by atoms with E-state index in [4.69, 9.17) is 0 Å². The summed E-state index contributed by atoms with van der Waals surface area (Å²) in [6.07, 6.45) is 2.11. The van der Waals surface area contributed by atoms with Crippen LogP contribution in [0.25, 0.3) is 0 Å². The van der Waals surface area contributed by atoms with Crippen molar-refractivity contribution in [3.8, 4) is 0 Å². The number of piperazine rings is 1. The average molecular weight is 318 g/mol. The molecule has 2 aliphatic heterocycles. The van der Waals surface area contributed by atoms with Gasteiger partial charge in [-0.3, -0.25) is 14.9 Å². The van der Waals surface area contributed by atoms with Crippen LogP contribution >= 0.6 is 0 Å². The molecular formula is C16H22N4O3. The van der Waals surface area contributed by atoms with E-state index in [-0.39, 0.29) is 16.5 Å². The van der Waals surface area contributed by atoms with Crippen LogP contribution < -0.4 is 4.90 Å². The van der Waals surface area contributed by atoms with Crippen molar-refractivity contribution < 1.29 is 9.72 Å². The molecule has 0 aliphatic carbocycles. The van der Waals surface area contributed by atoms with Crippen LogP contribution in [-0.4, -0.2) is 66.9 Å². The zero-order valence-corrected chi connectivity index (χ0v) is 13.4. The maximum Gasteiger partial charge on any atom is 0.293 e. The van der Waals surface area contributed by atoms with E-state index in [1.807, 2.05) is 11.9 Å². The van der Waals surface area contributed by atoms with Crippen molar-refractivity contribution >= 4 is 17.3 Å². The molecule has 2 fully saturated rings. The molecule has 7 nitrogen and oxygen atoms in total. The summed E-state index contributed by atoms with van der Waals surface area (Å²) < 4.78 is 0. The van der Waals surface area contributed by atoms with Crippen molar-refractivity contribution in [3.63, 3.8) is 0 Å². The average Bonchev–Trinajstić information content (AvgIpc) is 3.08. The molecule has 7 heteroatoms. The third-order valence-corrected chi connectivity index (χ3v) is 4.66. The number of anilines is 1. The summed E-state index contributed by atoms with van der Waals surface area (Å²) in [5.41, 5.74) is 1.07. The molecule has 0 spiro atoms. The molecule has 124 valence electrons. The molecular weight excluding hydrogens is 296 g/mol. The van der Waals surface area contributed by atoms with Crippen molar-refractivity contribution in [2.75, 3.05) is 51.2 Å². The minimum atomic E-state index is -0.381.